The maximum absolute atomic E-state index is 13.2. The molecule has 0 saturated heterocycles. The molecule has 0 spiro atoms. The summed E-state index contributed by atoms with van der Waals surface area (Å²) < 4.78 is 12.2. The molecule has 1 aliphatic heterocycles. The van der Waals surface area contributed by atoms with Crippen molar-refractivity contribution in [2.45, 2.75) is 0 Å². The van der Waals surface area contributed by atoms with Gasteiger partial charge in [0.2, 0.25) is 0 Å². The fraction of sp³-hybridized carbons (Fsp3) is 0.217. The number of rotatable bonds is 4. The van der Waals surface area contributed by atoms with Gasteiger partial charge in [0.15, 0.2) is 6.40 Å². The molecule has 31 heavy (non-hydrogen) atoms. The second-order valence-electron chi connectivity index (χ2n) is 6.94. The Morgan fingerprint density at radius 1 is 1.19 bits per heavy atom. The lowest BCUT2D eigenvalue weighted by molar-refractivity contribution is 0.0802. The minimum Gasteiger partial charge on any atom is -0.494 e. The number of hydrogen-bond donors (Lipinski definition) is 0. The van der Waals surface area contributed by atoms with E-state index in [1.54, 1.807) is 36.5 Å². The van der Waals surface area contributed by atoms with E-state index < -0.39 is 0 Å². The highest BCUT2D eigenvalue weighted by Gasteiger charge is 2.18. The van der Waals surface area contributed by atoms with Gasteiger partial charge in [-0.2, -0.15) is 0 Å². The maximum atomic E-state index is 13.2. The third-order valence-corrected chi connectivity index (χ3v) is 5.82. The van der Waals surface area contributed by atoms with Crippen molar-refractivity contribution in [2.75, 3.05) is 39.3 Å². The van der Waals surface area contributed by atoms with Crippen LogP contribution >= 0.6 is 31.9 Å². The van der Waals surface area contributed by atoms with Gasteiger partial charge < -0.3 is 19.3 Å². The zero-order chi connectivity index (χ0) is 22.4. The average molecular weight is 549 g/mol. The van der Waals surface area contributed by atoms with E-state index >= 15 is 0 Å². The summed E-state index contributed by atoms with van der Waals surface area (Å²) in [4.78, 5) is 21.1. The Kier molecular flexibility index (Phi) is 7.92. The van der Waals surface area contributed by atoms with Crippen LogP contribution in [0.2, 0.25) is 0 Å². The number of anilines is 1. The summed E-state index contributed by atoms with van der Waals surface area (Å²) in [6, 6.07) is 11.6. The fourth-order valence-electron chi connectivity index (χ4n) is 2.99. The lowest BCUT2D eigenvalue weighted by Crippen LogP contribution is -2.29. The number of aliphatic imine (C=N–C) groups is 1. The normalized spacial score (nSPS) is 17.7. The zero-order valence-electron chi connectivity index (χ0n) is 17.5. The van der Waals surface area contributed by atoms with Crippen molar-refractivity contribution in [3.63, 3.8) is 0 Å². The SMILES string of the molecule is COc1c(Br)cc(C(=O)N2/C=C/C(c3cccc(N(C)C)c3)=C\N=C\OCC2)cc1Br. The van der Waals surface area contributed by atoms with Crippen LogP contribution in [0.15, 0.2) is 68.8 Å². The number of nitrogens with zero attached hydrogens (tertiary/aromatic N) is 3. The summed E-state index contributed by atoms with van der Waals surface area (Å²) in [5, 5.41) is 0. The number of carbonyl (C=O) groups is 1. The molecule has 2 aromatic carbocycles. The van der Waals surface area contributed by atoms with E-state index in [0.29, 0.717) is 33.4 Å². The molecule has 2 aromatic rings. The van der Waals surface area contributed by atoms with Crippen molar-refractivity contribution < 1.29 is 14.3 Å². The molecule has 0 radical (unpaired) electrons. The van der Waals surface area contributed by atoms with Crippen LogP contribution in [-0.4, -0.2) is 51.6 Å². The highest BCUT2D eigenvalue weighted by molar-refractivity contribution is 9.11. The highest BCUT2D eigenvalue weighted by atomic mass is 79.9. The second kappa shape index (κ2) is 10.6. The molecule has 162 valence electrons. The first-order valence-electron chi connectivity index (χ1n) is 9.54. The Labute approximate surface area is 199 Å². The van der Waals surface area contributed by atoms with Gasteiger partial charge in [0.1, 0.15) is 12.4 Å². The van der Waals surface area contributed by atoms with E-state index in [1.807, 2.05) is 43.3 Å². The van der Waals surface area contributed by atoms with E-state index in [0.717, 1.165) is 16.8 Å². The third-order valence-electron chi connectivity index (χ3n) is 4.64. The molecule has 0 fully saturated rings. The predicted molar refractivity (Wildman–Crippen MR) is 132 cm³/mol. The molecular formula is C23H23Br2N3O3. The standard InChI is InChI=1S/C23H23Br2N3O3/c1-27(2)19-6-4-5-16(11-19)17-7-8-28(9-10-31-15-26-14-17)23(29)18-12-20(24)22(30-3)21(25)13-18/h4-8,11-15H,9-10H2,1-3H3/b8-7+,17-14+,26-15+. The number of hydrogen-bond acceptors (Lipinski definition) is 5. The minimum atomic E-state index is -0.150. The molecule has 1 heterocycles. The van der Waals surface area contributed by atoms with Gasteiger partial charge in [-0.3, -0.25) is 4.79 Å². The van der Waals surface area contributed by atoms with Crippen LogP contribution in [0.1, 0.15) is 15.9 Å². The van der Waals surface area contributed by atoms with Gasteiger partial charge in [-0.1, -0.05) is 12.1 Å². The molecule has 8 heteroatoms. The summed E-state index contributed by atoms with van der Waals surface area (Å²) in [5.41, 5.74) is 3.45. The molecule has 0 saturated carbocycles. The number of methoxy groups -OCH3 is 1. The lowest BCUT2D eigenvalue weighted by atomic mass is 10.1. The van der Waals surface area contributed by atoms with Crippen LogP contribution in [0, 0.1) is 0 Å². The molecule has 1 amide bonds. The molecule has 0 atom stereocenters. The fourth-order valence-corrected chi connectivity index (χ4v) is 4.50. The summed E-state index contributed by atoms with van der Waals surface area (Å²) in [6.07, 6.45) is 6.79. The molecule has 3 rings (SSSR count). The average Bonchev–Trinajstić information content (AvgIpc) is 2.76. The van der Waals surface area contributed by atoms with Gasteiger partial charge in [-0.05, 0) is 67.8 Å². The van der Waals surface area contributed by atoms with Crippen molar-refractivity contribution in [1.82, 2.24) is 4.90 Å². The smallest absolute Gasteiger partial charge is 0.258 e. The molecular weight excluding hydrogens is 526 g/mol. The van der Waals surface area contributed by atoms with Crippen molar-refractivity contribution >= 4 is 55.4 Å². The first kappa shape index (κ1) is 23.1. The van der Waals surface area contributed by atoms with Gasteiger partial charge in [0.05, 0.1) is 22.6 Å². The Bertz CT molecular complexity index is 1030. The first-order chi connectivity index (χ1) is 14.9. The van der Waals surface area contributed by atoms with Crippen molar-refractivity contribution in [1.29, 1.82) is 0 Å². The Morgan fingerprint density at radius 3 is 2.61 bits per heavy atom. The minimum absolute atomic E-state index is 0.150. The van der Waals surface area contributed by atoms with Crippen LogP contribution in [0.5, 0.6) is 5.75 Å². The topological polar surface area (TPSA) is 54.4 Å². The molecule has 0 N–H and O–H groups in total. The number of benzene rings is 2. The van der Waals surface area contributed by atoms with Crippen LogP contribution in [0.25, 0.3) is 5.57 Å². The van der Waals surface area contributed by atoms with Gasteiger partial charge in [0, 0.05) is 43.3 Å². The molecule has 0 unspecified atom stereocenters. The van der Waals surface area contributed by atoms with Crippen molar-refractivity contribution in [3.8, 4) is 5.75 Å². The summed E-state index contributed by atoms with van der Waals surface area (Å²) in [6.45, 7) is 0.713. The number of carbonyl (C=O) groups excluding carboxylic acids is 1. The molecule has 0 aliphatic carbocycles. The molecule has 0 bridgehead atoms. The highest BCUT2D eigenvalue weighted by Crippen LogP contribution is 2.34. The summed E-state index contributed by atoms with van der Waals surface area (Å²) in [5.74, 6) is 0.487. The quantitative estimate of drug-likeness (QED) is 0.517. The van der Waals surface area contributed by atoms with Gasteiger partial charge in [0.25, 0.3) is 5.91 Å². The zero-order valence-corrected chi connectivity index (χ0v) is 20.7. The maximum Gasteiger partial charge on any atom is 0.258 e. The number of halogens is 2. The van der Waals surface area contributed by atoms with E-state index in [-0.39, 0.29) is 5.91 Å². The van der Waals surface area contributed by atoms with Crippen LogP contribution in [-0.2, 0) is 4.74 Å². The van der Waals surface area contributed by atoms with Gasteiger partial charge >= 0.3 is 0 Å². The van der Waals surface area contributed by atoms with Crippen LogP contribution < -0.4 is 9.64 Å². The van der Waals surface area contributed by atoms with Crippen LogP contribution in [0.3, 0.4) is 0 Å². The largest absolute Gasteiger partial charge is 0.494 e. The summed E-state index contributed by atoms with van der Waals surface area (Å²) >= 11 is 6.92. The second-order valence-corrected chi connectivity index (χ2v) is 8.65. The number of amides is 1. The number of allylic oxidation sites excluding steroid dienone is 2. The third kappa shape index (κ3) is 5.77. The monoisotopic (exact) mass is 547 g/mol. The molecule has 1 aliphatic rings. The Morgan fingerprint density at radius 2 is 1.94 bits per heavy atom. The first-order valence-corrected chi connectivity index (χ1v) is 11.1. The summed E-state index contributed by atoms with van der Waals surface area (Å²) in [7, 11) is 5.57. The van der Waals surface area contributed by atoms with E-state index in [1.165, 1.54) is 6.40 Å². The van der Waals surface area contributed by atoms with Gasteiger partial charge in [-0.25, -0.2) is 4.99 Å². The molecule has 6 nitrogen and oxygen atoms in total. The number of ether oxygens (including phenoxy) is 2. The van der Waals surface area contributed by atoms with E-state index in [2.05, 4.69) is 42.9 Å². The van der Waals surface area contributed by atoms with E-state index in [4.69, 9.17) is 9.47 Å². The lowest BCUT2D eigenvalue weighted by Gasteiger charge is -2.20. The Balaban J connectivity index is 1.93. The molecule has 0 aromatic heterocycles. The predicted octanol–water partition coefficient (Wildman–Crippen LogP) is 5.34. The van der Waals surface area contributed by atoms with E-state index in [9.17, 15) is 4.79 Å². The van der Waals surface area contributed by atoms with Crippen LogP contribution in [0.4, 0.5) is 5.69 Å². The Hall–Kier alpha value is -2.58. The van der Waals surface area contributed by atoms with Crippen molar-refractivity contribution in [2.24, 2.45) is 4.99 Å². The van der Waals surface area contributed by atoms with Crippen molar-refractivity contribution in [3.05, 3.63) is 74.9 Å². The van der Waals surface area contributed by atoms with Gasteiger partial charge in [-0.15, -0.1) is 0 Å².